The van der Waals surface area contributed by atoms with Gasteiger partial charge in [-0.15, -0.1) is 0 Å². The van der Waals surface area contributed by atoms with Crippen LogP contribution in [0.3, 0.4) is 0 Å². The first-order valence-corrected chi connectivity index (χ1v) is 5.06. The first kappa shape index (κ1) is 8.76. The van der Waals surface area contributed by atoms with E-state index in [1.165, 1.54) is 24.8 Å². The lowest BCUT2D eigenvalue weighted by Gasteiger charge is -2.28. The van der Waals surface area contributed by atoms with Gasteiger partial charge in [-0.3, -0.25) is 0 Å². The summed E-state index contributed by atoms with van der Waals surface area (Å²) >= 11 is 0. The Labute approximate surface area is 79.4 Å². The molecule has 0 saturated heterocycles. The summed E-state index contributed by atoms with van der Waals surface area (Å²) in [5.41, 5.74) is 2.48. The Bertz CT molecular complexity index is 287. The molecule has 1 nitrogen and oxygen atoms in total. The predicted octanol–water partition coefficient (Wildman–Crippen LogP) is 3.01. The van der Waals surface area contributed by atoms with E-state index < -0.39 is 0 Å². The molecule has 1 aromatic carbocycles. The van der Waals surface area contributed by atoms with E-state index in [1.807, 2.05) is 19.1 Å². The third-order valence-electron chi connectivity index (χ3n) is 2.99. The van der Waals surface area contributed by atoms with E-state index in [0.717, 1.165) is 5.56 Å². The van der Waals surface area contributed by atoms with Gasteiger partial charge in [-0.05, 0) is 36.8 Å². The molecule has 1 aromatic rings. The van der Waals surface area contributed by atoms with Gasteiger partial charge >= 0.3 is 0 Å². The Balaban J connectivity index is 2.31. The Morgan fingerprint density at radius 1 is 1.31 bits per heavy atom. The lowest BCUT2D eigenvalue weighted by atomic mass is 9.77. The zero-order valence-corrected chi connectivity index (χ0v) is 8.03. The van der Waals surface area contributed by atoms with E-state index in [1.54, 1.807) is 0 Å². The third-order valence-corrected chi connectivity index (χ3v) is 2.99. The molecule has 1 aliphatic carbocycles. The quantitative estimate of drug-likeness (QED) is 0.734. The Hall–Kier alpha value is -0.820. The molecule has 70 valence electrons. The number of rotatable bonds is 2. The minimum Gasteiger partial charge on any atom is -0.389 e. The largest absolute Gasteiger partial charge is 0.389 e. The molecule has 13 heavy (non-hydrogen) atoms. The van der Waals surface area contributed by atoms with Crippen molar-refractivity contribution in [2.75, 3.05) is 0 Å². The zero-order chi connectivity index (χ0) is 9.26. The molecule has 1 saturated carbocycles. The normalized spacial score (nSPS) is 19.5. The van der Waals surface area contributed by atoms with Crippen LogP contribution in [0, 0.1) is 0 Å². The van der Waals surface area contributed by atoms with Crippen molar-refractivity contribution in [3.63, 3.8) is 0 Å². The Morgan fingerprint density at radius 2 is 2.00 bits per heavy atom. The van der Waals surface area contributed by atoms with E-state index >= 15 is 0 Å². The molecule has 1 fully saturated rings. The maximum Gasteiger partial charge on any atom is 0.0764 e. The molecule has 0 heterocycles. The highest BCUT2D eigenvalue weighted by molar-refractivity contribution is 5.32. The van der Waals surface area contributed by atoms with Crippen LogP contribution in [-0.2, 0) is 0 Å². The second kappa shape index (κ2) is 3.51. The monoisotopic (exact) mass is 176 g/mol. The summed E-state index contributed by atoms with van der Waals surface area (Å²) in [4.78, 5) is 0. The molecular formula is C12H16O. The van der Waals surface area contributed by atoms with Gasteiger partial charge in [0.15, 0.2) is 0 Å². The van der Waals surface area contributed by atoms with Crippen LogP contribution >= 0.6 is 0 Å². The fraction of sp³-hybridized carbons (Fsp3) is 0.500. The Morgan fingerprint density at radius 3 is 2.54 bits per heavy atom. The van der Waals surface area contributed by atoms with Crippen molar-refractivity contribution in [3.8, 4) is 0 Å². The summed E-state index contributed by atoms with van der Waals surface area (Å²) in [7, 11) is 0. The summed E-state index contributed by atoms with van der Waals surface area (Å²) in [6.07, 6.45) is 3.61. The highest BCUT2D eigenvalue weighted by atomic mass is 16.3. The van der Waals surface area contributed by atoms with E-state index in [9.17, 15) is 5.11 Å². The van der Waals surface area contributed by atoms with Crippen LogP contribution in [-0.4, -0.2) is 5.11 Å². The molecule has 0 amide bonds. The third kappa shape index (κ3) is 1.61. The lowest BCUT2D eigenvalue weighted by molar-refractivity contribution is 0.196. The van der Waals surface area contributed by atoms with Gasteiger partial charge in [-0.2, -0.15) is 0 Å². The number of aliphatic hydroxyl groups is 1. The summed E-state index contributed by atoms with van der Waals surface area (Å²) < 4.78 is 0. The fourth-order valence-corrected chi connectivity index (χ4v) is 1.98. The number of hydrogen-bond acceptors (Lipinski definition) is 1. The second-order valence-electron chi connectivity index (χ2n) is 3.93. The van der Waals surface area contributed by atoms with Crippen molar-refractivity contribution >= 4 is 0 Å². The average molecular weight is 176 g/mol. The van der Waals surface area contributed by atoms with Crippen molar-refractivity contribution < 1.29 is 5.11 Å². The first-order chi connectivity index (χ1) is 6.29. The highest BCUT2D eigenvalue weighted by Crippen LogP contribution is 2.39. The van der Waals surface area contributed by atoms with Crippen molar-refractivity contribution in [3.05, 3.63) is 35.4 Å². The summed E-state index contributed by atoms with van der Waals surface area (Å²) in [6.45, 7) is 1.84. The van der Waals surface area contributed by atoms with Crippen molar-refractivity contribution in [1.29, 1.82) is 0 Å². The number of benzene rings is 1. The van der Waals surface area contributed by atoms with E-state index in [4.69, 9.17) is 0 Å². The molecule has 1 unspecified atom stereocenters. The molecular weight excluding hydrogens is 160 g/mol. The van der Waals surface area contributed by atoms with E-state index in [2.05, 4.69) is 12.1 Å². The van der Waals surface area contributed by atoms with E-state index in [-0.39, 0.29) is 6.10 Å². The zero-order valence-electron chi connectivity index (χ0n) is 8.03. The van der Waals surface area contributed by atoms with Crippen LogP contribution in [0.4, 0.5) is 0 Å². The fourth-order valence-electron chi connectivity index (χ4n) is 1.98. The molecule has 0 bridgehead atoms. The molecule has 0 radical (unpaired) electrons. The summed E-state index contributed by atoms with van der Waals surface area (Å²) in [5, 5.41) is 9.57. The smallest absolute Gasteiger partial charge is 0.0764 e. The minimum absolute atomic E-state index is 0.322. The lowest BCUT2D eigenvalue weighted by Crippen LogP contribution is -2.12. The van der Waals surface area contributed by atoms with Crippen LogP contribution in [0.5, 0.6) is 0 Å². The topological polar surface area (TPSA) is 20.2 Å². The molecule has 1 aliphatic rings. The molecule has 1 heteroatoms. The first-order valence-electron chi connectivity index (χ1n) is 5.06. The van der Waals surface area contributed by atoms with Gasteiger partial charge in [-0.1, -0.05) is 30.7 Å². The average Bonchev–Trinajstić information content (AvgIpc) is 2.02. The summed E-state index contributed by atoms with van der Waals surface area (Å²) in [6, 6.07) is 8.27. The van der Waals surface area contributed by atoms with Gasteiger partial charge in [0.2, 0.25) is 0 Å². The second-order valence-corrected chi connectivity index (χ2v) is 3.93. The maximum absolute atomic E-state index is 9.57. The highest BCUT2D eigenvalue weighted by Gasteiger charge is 2.22. The van der Waals surface area contributed by atoms with Gasteiger partial charge in [0.1, 0.15) is 0 Å². The van der Waals surface area contributed by atoms with Gasteiger partial charge in [0.05, 0.1) is 6.10 Å². The van der Waals surface area contributed by atoms with E-state index in [0.29, 0.717) is 5.92 Å². The van der Waals surface area contributed by atoms with Crippen LogP contribution in [0.25, 0.3) is 0 Å². The predicted molar refractivity (Wildman–Crippen MR) is 53.7 cm³/mol. The van der Waals surface area contributed by atoms with Crippen molar-refractivity contribution in [1.82, 2.24) is 0 Å². The van der Waals surface area contributed by atoms with Crippen LogP contribution in [0.15, 0.2) is 24.3 Å². The standard InChI is InChI=1S/C12H16O/c1-9(13)11-7-2-3-8-12(11)10-5-4-6-10/h2-3,7-10,13H,4-6H2,1H3. The van der Waals surface area contributed by atoms with Gasteiger partial charge in [0, 0.05) is 0 Å². The molecule has 2 rings (SSSR count). The molecule has 0 spiro atoms. The van der Waals surface area contributed by atoms with Gasteiger partial charge < -0.3 is 5.11 Å². The summed E-state index contributed by atoms with van der Waals surface area (Å²) in [5.74, 6) is 0.714. The van der Waals surface area contributed by atoms with Crippen molar-refractivity contribution in [2.24, 2.45) is 0 Å². The number of aliphatic hydroxyl groups excluding tert-OH is 1. The maximum atomic E-state index is 9.57. The molecule has 0 aliphatic heterocycles. The van der Waals surface area contributed by atoms with Gasteiger partial charge in [-0.25, -0.2) is 0 Å². The van der Waals surface area contributed by atoms with Crippen LogP contribution < -0.4 is 0 Å². The van der Waals surface area contributed by atoms with Crippen LogP contribution in [0.1, 0.15) is 49.3 Å². The Kier molecular flexibility index (Phi) is 2.36. The van der Waals surface area contributed by atoms with Gasteiger partial charge in [0.25, 0.3) is 0 Å². The molecule has 1 atom stereocenters. The number of hydrogen-bond donors (Lipinski definition) is 1. The molecule has 1 N–H and O–H groups in total. The molecule has 0 aromatic heterocycles. The van der Waals surface area contributed by atoms with Crippen molar-refractivity contribution in [2.45, 2.75) is 38.2 Å². The SMILES string of the molecule is CC(O)c1ccccc1C1CCC1. The van der Waals surface area contributed by atoms with Crippen LogP contribution in [0.2, 0.25) is 0 Å². The minimum atomic E-state index is -0.322.